The van der Waals surface area contributed by atoms with Crippen LogP contribution in [0.15, 0.2) is 46.8 Å². The van der Waals surface area contributed by atoms with Crippen LogP contribution >= 0.6 is 23.4 Å². The van der Waals surface area contributed by atoms with Crippen LogP contribution in [-0.4, -0.2) is 48.6 Å². The lowest BCUT2D eigenvalue weighted by atomic mass is 9.80. The number of dihydropyridines is 1. The molecule has 9 nitrogen and oxygen atoms in total. The number of nitrogens with one attached hydrogen (secondary N) is 2. The molecule has 0 aromatic heterocycles. The van der Waals surface area contributed by atoms with Crippen molar-refractivity contribution >= 4 is 46.4 Å². The summed E-state index contributed by atoms with van der Waals surface area (Å²) in [5.41, 5.74) is 6.06. The lowest BCUT2D eigenvalue weighted by molar-refractivity contribution is -0.143. The van der Waals surface area contributed by atoms with E-state index in [-0.39, 0.29) is 53.3 Å². The zero-order chi connectivity index (χ0) is 24.5. The molecule has 0 saturated carbocycles. The Bertz CT molecular complexity index is 1010. The van der Waals surface area contributed by atoms with Gasteiger partial charge >= 0.3 is 17.9 Å². The van der Waals surface area contributed by atoms with Gasteiger partial charge in [-0.1, -0.05) is 35.5 Å². The van der Waals surface area contributed by atoms with Crippen molar-refractivity contribution in [3.05, 3.63) is 57.4 Å². The van der Waals surface area contributed by atoms with Crippen LogP contribution in [0.1, 0.15) is 32.3 Å². The molecule has 0 amide bonds. The maximum atomic E-state index is 13.1. The number of thioether (sulfide) groups is 1. The van der Waals surface area contributed by atoms with E-state index in [4.69, 9.17) is 37.0 Å². The molecule has 0 saturated heterocycles. The number of nitrogens with two attached hydrogens (primary N) is 1. The Hall–Kier alpha value is -2.98. The summed E-state index contributed by atoms with van der Waals surface area (Å²) < 4.78 is 15.7. The number of amidine groups is 1. The first-order valence-electron chi connectivity index (χ1n) is 10.2. The van der Waals surface area contributed by atoms with Gasteiger partial charge in [0, 0.05) is 16.5 Å². The van der Waals surface area contributed by atoms with Crippen LogP contribution in [0.3, 0.4) is 0 Å². The second-order valence-electron chi connectivity index (χ2n) is 6.61. The van der Waals surface area contributed by atoms with Gasteiger partial charge in [0.05, 0.1) is 36.9 Å². The zero-order valence-electron chi connectivity index (χ0n) is 18.5. The summed E-state index contributed by atoms with van der Waals surface area (Å²) in [5, 5.41) is 10.6. The lowest BCUT2D eigenvalue weighted by Crippen LogP contribution is -2.38. The molecule has 11 heteroatoms. The third-order valence-corrected chi connectivity index (χ3v) is 5.45. The van der Waals surface area contributed by atoms with Crippen LogP contribution in [-0.2, 0) is 28.6 Å². The minimum absolute atomic E-state index is 0.0412. The first-order valence-corrected chi connectivity index (χ1v) is 11.6. The van der Waals surface area contributed by atoms with E-state index >= 15 is 0 Å². The Morgan fingerprint density at radius 3 is 2.15 bits per heavy atom. The number of rotatable bonds is 9. The van der Waals surface area contributed by atoms with Crippen LogP contribution in [0.5, 0.6) is 0 Å². The van der Waals surface area contributed by atoms with E-state index in [0.717, 1.165) is 11.8 Å². The van der Waals surface area contributed by atoms with E-state index in [1.54, 1.807) is 45.0 Å². The predicted octanol–water partition coefficient (Wildman–Crippen LogP) is 2.85. The van der Waals surface area contributed by atoms with Gasteiger partial charge in [-0.25, -0.2) is 14.4 Å². The number of halogens is 1. The molecule has 33 heavy (non-hydrogen) atoms. The largest absolute Gasteiger partial charge is 0.463 e. The van der Waals surface area contributed by atoms with Crippen LogP contribution in [0.2, 0.25) is 5.02 Å². The molecule has 1 aliphatic rings. The van der Waals surface area contributed by atoms with Crippen molar-refractivity contribution < 1.29 is 28.6 Å². The average Bonchev–Trinajstić information content (AvgIpc) is 2.76. The standard InChI is InChI=1S/C22H26ClN3O6S/c1-4-30-19(27)16-14(11-33-22(24)25)26-18(21(29)32-6-3)17(20(28)31-5-2)15(16)12-8-7-9-13(23)10-12/h7-10,15,26H,4-6,11H2,1-3H3,(H3,24,25). The number of benzene rings is 1. The predicted molar refractivity (Wildman–Crippen MR) is 126 cm³/mol. The number of ether oxygens (including phenoxy) is 3. The SMILES string of the molecule is CCOC(=O)C1=C(C(=O)OCC)C(c2cccc(Cl)c2)C(C(=O)OCC)=C(CSC(=N)N)N1. The van der Waals surface area contributed by atoms with Crippen molar-refractivity contribution in [2.75, 3.05) is 25.6 Å². The summed E-state index contributed by atoms with van der Waals surface area (Å²) in [7, 11) is 0. The summed E-state index contributed by atoms with van der Waals surface area (Å²) in [4.78, 5) is 39.1. The van der Waals surface area contributed by atoms with Gasteiger partial charge in [-0.15, -0.1) is 0 Å². The van der Waals surface area contributed by atoms with E-state index < -0.39 is 23.8 Å². The lowest BCUT2D eigenvalue weighted by Gasteiger charge is -2.31. The van der Waals surface area contributed by atoms with Crippen molar-refractivity contribution in [2.45, 2.75) is 26.7 Å². The van der Waals surface area contributed by atoms with Crippen molar-refractivity contribution in [1.82, 2.24) is 5.32 Å². The van der Waals surface area contributed by atoms with Gasteiger partial charge in [0.2, 0.25) is 0 Å². The molecule has 1 heterocycles. The summed E-state index contributed by atoms with van der Waals surface area (Å²) >= 11 is 7.15. The Morgan fingerprint density at radius 1 is 1.03 bits per heavy atom. The Labute approximate surface area is 201 Å². The van der Waals surface area contributed by atoms with Crippen molar-refractivity contribution in [3.63, 3.8) is 0 Å². The number of esters is 3. The quantitative estimate of drug-likeness (QED) is 0.204. The first-order chi connectivity index (χ1) is 15.7. The molecule has 178 valence electrons. The minimum atomic E-state index is -1.04. The van der Waals surface area contributed by atoms with Crippen LogP contribution in [0.25, 0.3) is 0 Å². The molecule has 0 bridgehead atoms. The normalized spacial score (nSPS) is 15.6. The maximum absolute atomic E-state index is 13.1. The van der Waals surface area contributed by atoms with E-state index in [1.807, 2.05) is 0 Å². The second kappa shape index (κ2) is 12.3. The minimum Gasteiger partial charge on any atom is -0.463 e. The van der Waals surface area contributed by atoms with E-state index in [0.29, 0.717) is 10.6 Å². The van der Waals surface area contributed by atoms with Gasteiger partial charge in [0.15, 0.2) is 5.17 Å². The average molecular weight is 496 g/mol. The smallest absolute Gasteiger partial charge is 0.355 e. The number of carbonyl (C=O) groups is 3. The molecular formula is C22H26ClN3O6S. The molecule has 1 aromatic rings. The Kier molecular flexibility index (Phi) is 9.80. The monoisotopic (exact) mass is 495 g/mol. The van der Waals surface area contributed by atoms with Gasteiger partial charge in [0.25, 0.3) is 0 Å². The molecule has 0 fully saturated rings. The molecule has 0 aliphatic carbocycles. The van der Waals surface area contributed by atoms with Crippen molar-refractivity contribution in [1.29, 1.82) is 5.41 Å². The molecule has 2 rings (SSSR count). The Balaban J connectivity index is 2.85. The molecule has 4 N–H and O–H groups in total. The second-order valence-corrected chi connectivity index (χ2v) is 8.06. The number of hydrogen-bond acceptors (Lipinski definition) is 9. The molecule has 0 radical (unpaired) electrons. The third-order valence-electron chi connectivity index (χ3n) is 4.47. The highest BCUT2D eigenvalue weighted by molar-refractivity contribution is 8.13. The van der Waals surface area contributed by atoms with E-state index in [9.17, 15) is 14.4 Å². The summed E-state index contributed by atoms with van der Waals surface area (Å²) in [6, 6.07) is 6.58. The first kappa shape index (κ1) is 26.3. The fourth-order valence-corrected chi connectivity index (χ4v) is 4.00. The molecule has 1 atom stereocenters. The van der Waals surface area contributed by atoms with Gasteiger partial charge in [-0.3, -0.25) is 5.41 Å². The molecular weight excluding hydrogens is 470 g/mol. The highest BCUT2D eigenvalue weighted by Gasteiger charge is 2.42. The molecule has 1 aliphatic heterocycles. The van der Waals surface area contributed by atoms with Gasteiger partial charge < -0.3 is 25.3 Å². The highest BCUT2D eigenvalue weighted by Crippen LogP contribution is 2.41. The van der Waals surface area contributed by atoms with Crippen molar-refractivity contribution in [2.24, 2.45) is 5.73 Å². The summed E-state index contributed by atoms with van der Waals surface area (Å²) in [6.07, 6.45) is 0. The number of hydrogen-bond donors (Lipinski definition) is 3. The maximum Gasteiger partial charge on any atom is 0.355 e. The highest BCUT2D eigenvalue weighted by atomic mass is 35.5. The van der Waals surface area contributed by atoms with E-state index in [1.165, 1.54) is 0 Å². The molecule has 1 unspecified atom stereocenters. The van der Waals surface area contributed by atoms with Crippen LogP contribution in [0, 0.1) is 5.41 Å². The topological polar surface area (TPSA) is 141 Å². The van der Waals surface area contributed by atoms with E-state index in [2.05, 4.69) is 5.32 Å². The summed E-state index contributed by atoms with van der Waals surface area (Å²) in [5.74, 6) is -3.28. The fraction of sp³-hybridized carbons (Fsp3) is 0.364. The number of carbonyl (C=O) groups excluding carboxylic acids is 3. The van der Waals surface area contributed by atoms with Crippen LogP contribution in [0.4, 0.5) is 0 Å². The Morgan fingerprint density at radius 2 is 1.61 bits per heavy atom. The van der Waals surface area contributed by atoms with Gasteiger partial charge in [0.1, 0.15) is 5.70 Å². The zero-order valence-corrected chi connectivity index (χ0v) is 20.1. The van der Waals surface area contributed by atoms with Crippen molar-refractivity contribution in [3.8, 4) is 0 Å². The van der Waals surface area contributed by atoms with Gasteiger partial charge in [-0.05, 0) is 38.5 Å². The van der Waals surface area contributed by atoms with Gasteiger partial charge in [-0.2, -0.15) is 0 Å². The van der Waals surface area contributed by atoms with Crippen LogP contribution < -0.4 is 11.1 Å². The summed E-state index contributed by atoms with van der Waals surface area (Å²) in [6.45, 7) is 5.11. The molecule has 0 spiro atoms. The molecule has 1 aromatic carbocycles. The fourth-order valence-electron chi connectivity index (χ4n) is 3.27. The third kappa shape index (κ3) is 6.52.